The van der Waals surface area contributed by atoms with Gasteiger partial charge in [0.05, 0.1) is 28.6 Å². The molecule has 1 saturated carbocycles. The van der Waals surface area contributed by atoms with Gasteiger partial charge in [0.1, 0.15) is 0 Å². The Kier molecular flexibility index (Phi) is 6.51. The number of hydrogen-bond acceptors (Lipinski definition) is 6. The normalized spacial score (nSPS) is 17.9. The molecule has 1 aliphatic carbocycles. The summed E-state index contributed by atoms with van der Waals surface area (Å²) in [5, 5.41) is 11.4. The van der Waals surface area contributed by atoms with E-state index in [1.165, 1.54) is 0 Å². The van der Waals surface area contributed by atoms with Crippen molar-refractivity contribution in [1.82, 2.24) is 24.9 Å². The van der Waals surface area contributed by atoms with E-state index in [0.29, 0.717) is 22.2 Å². The Balaban J connectivity index is 1.27. The lowest BCUT2D eigenvalue weighted by molar-refractivity contribution is 0.0926. The lowest BCUT2D eigenvalue weighted by Crippen LogP contribution is -2.42. The molecule has 1 amide bonds. The van der Waals surface area contributed by atoms with E-state index in [0.717, 1.165) is 42.5 Å². The maximum atomic E-state index is 12.7. The summed E-state index contributed by atoms with van der Waals surface area (Å²) in [4.78, 5) is 24.3. The molecule has 0 unspecified atom stereocenters. The highest BCUT2D eigenvalue weighted by Crippen LogP contribution is 2.30. The number of nitrogens with zero attached hydrogens (tertiary/aromatic N) is 4. The second-order valence-electron chi connectivity index (χ2n) is 8.33. The van der Waals surface area contributed by atoms with E-state index in [-0.39, 0.29) is 18.0 Å². The summed E-state index contributed by atoms with van der Waals surface area (Å²) >= 11 is 12.0. The van der Waals surface area contributed by atoms with Gasteiger partial charge in [-0.3, -0.25) is 9.63 Å². The first-order chi connectivity index (χ1) is 16.6. The molecule has 10 heteroatoms. The minimum atomic E-state index is -0.0927. The quantitative estimate of drug-likeness (QED) is 0.319. The number of carbonyl (C=O) groups is 1. The molecule has 1 fully saturated rings. The minimum Gasteiger partial charge on any atom is -0.351 e. The molecule has 0 aliphatic heterocycles. The predicted molar refractivity (Wildman–Crippen MR) is 134 cm³/mol. The number of anilines is 2. The number of fused-ring (bicyclic) bond motifs is 1. The van der Waals surface area contributed by atoms with E-state index in [1.54, 1.807) is 41.2 Å². The fraction of sp³-hybridized carbons (Fsp3) is 0.250. The topological polar surface area (TPSA) is 96.2 Å². The van der Waals surface area contributed by atoms with Gasteiger partial charge < -0.3 is 10.6 Å². The molecule has 1 aromatic carbocycles. The molecule has 34 heavy (non-hydrogen) atoms. The van der Waals surface area contributed by atoms with E-state index >= 15 is 0 Å². The summed E-state index contributed by atoms with van der Waals surface area (Å²) in [5.41, 5.74) is 3.75. The third-order valence-corrected chi connectivity index (χ3v) is 6.52. The number of hydrogen-bond donors (Lipinski definition) is 3. The van der Waals surface area contributed by atoms with Gasteiger partial charge >= 0.3 is 0 Å². The molecule has 3 aromatic heterocycles. The average Bonchev–Trinajstić information content (AvgIpc) is 3.29. The predicted octanol–water partition coefficient (Wildman–Crippen LogP) is 5.16. The Labute approximate surface area is 206 Å². The molecule has 0 radical (unpaired) electrons. The fourth-order valence-electron chi connectivity index (χ4n) is 4.33. The summed E-state index contributed by atoms with van der Waals surface area (Å²) < 4.78 is 1.79. The van der Waals surface area contributed by atoms with Crippen LogP contribution < -0.4 is 15.5 Å². The minimum absolute atomic E-state index is 0.0657. The van der Waals surface area contributed by atoms with Crippen LogP contribution in [0.5, 0.6) is 0 Å². The van der Waals surface area contributed by atoms with Gasteiger partial charge in [-0.25, -0.2) is 14.5 Å². The van der Waals surface area contributed by atoms with Gasteiger partial charge in [-0.15, -0.1) is 0 Å². The van der Waals surface area contributed by atoms with Crippen LogP contribution in [0.15, 0.2) is 61.1 Å². The molecule has 3 N–H and O–H groups in total. The van der Waals surface area contributed by atoms with Crippen molar-refractivity contribution in [1.29, 1.82) is 0 Å². The molecule has 0 spiro atoms. The first kappa shape index (κ1) is 22.4. The standard InChI is InChI=1S/C24H23Cl2N7O/c25-20-14-27-24(31-22(20)19-13-28-33-11-2-1-6-21(19)33)30-18-5-3-4-17(12-18)29-23(34)15-7-9-16(32-26)10-8-15/h1-2,6-11,13-14,17-18,32H,3-5,12H2,(H,29,34)(H,27,30,31)/t17-,18+/m0/s1. The van der Waals surface area contributed by atoms with Crippen LogP contribution in [0.4, 0.5) is 11.6 Å². The van der Waals surface area contributed by atoms with E-state index in [9.17, 15) is 4.79 Å². The highest BCUT2D eigenvalue weighted by Gasteiger charge is 2.25. The molecule has 4 aromatic rings. The maximum Gasteiger partial charge on any atom is 0.251 e. The molecule has 5 rings (SSSR count). The molecule has 1 aliphatic rings. The lowest BCUT2D eigenvalue weighted by atomic mass is 9.91. The van der Waals surface area contributed by atoms with Gasteiger partial charge in [0.25, 0.3) is 5.91 Å². The molecular weight excluding hydrogens is 473 g/mol. The van der Waals surface area contributed by atoms with Crippen molar-refractivity contribution in [2.45, 2.75) is 37.8 Å². The van der Waals surface area contributed by atoms with Crippen molar-refractivity contribution in [2.75, 3.05) is 10.2 Å². The zero-order valence-corrected chi connectivity index (χ0v) is 19.7. The molecule has 0 saturated heterocycles. The largest absolute Gasteiger partial charge is 0.351 e. The van der Waals surface area contributed by atoms with Crippen molar-refractivity contribution < 1.29 is 4.79 Å². The van der Waals surface area contributed by atoms with Crippen LogP contribution in [0.25, 0.3) is 16.8 Å². The number of halogens is 2. The third-order valence-electron chi connectivity index (χ3n) is 6.02. The highest BCUT2D eigenvalue weighted by molar-refractivity contribution is 6.33. The van der Waals surface area contributed by atoms with E-state index in [4.69, 9.17) is 28.4 Å². The zero-order valence-electron chi connectivity index (χ0n) is 18.2. The van der Waals surface area contributed by atoms with Crippen molar-refractivity contribution in [3.05, 3.63) is 71.6 Å². The molecule has 8 nitrogen and oxygen atoms in total. The second kappa shape index (κ2) is 9.87. The molecule has 3 heterocycles. The molecular formula is C24H23Cl2N7O. The van der Waals surface area contributed by atoms with Crippen molar-refractivity contribution >= 4 is 46.4 Å². The fourth-order valence-corrected chi connectivity index (χ4v) is 4.65. The highest BCUT2D eigenvalue weighted by atomic mass is 35.5. The average molecular weight is 496 g/mol. The van der Waals surface area contributed by atoms with Crippen LogP contribution in [0.2, 0.25) is 5.02 Å². The summed E-state index contributed by atoms with van der Waals surface area (Å²) in [5.74, 6) is 0.417. The van der Waals surface area contributed by atoms with Gasteiger partial charge in [-0.05, 0) is 62.1 Å². The van der Waals surface area contributed by atoms with Crippen molar-refractivity contribution in [2.24, 2.45) is 0 Å². The van der Waals surface area contributed by atoms with Crippen LogP contribution in [0.3, 0.4) is 0 Å². The Morgan fingerprint density at radius 2 is 1.88 bits per heavy atom. The third kappa shape index (κ3) is 4.78. The number of benzene rings is 1. The Morgan fingerprint density at radius 3 is 2.71 bits per heavy atom. The SMILES string of the molecule is O=C(N[C@H]1CCC[C@@H](Nc2ncc(Cl)c(-c3cnn4ccccc34)n2)C1)c1ccc(NCl)cc1. The van der Waals surface area contributed by atoms with Crippen molar-refractivity contribution in [3.63, 3.8) is 0 Å². The molecule has 0 bridgehead atoms. The smallest absolute Gasteiger partial charge is 0.251 e. The van der Waals surface area contributed by atoms with E-state index in [1.807, 2.05) is 24.4 Å². The summed E-state index contributed by atoms with van der Waals surface area (Å²) in [6.45, 7) is 0. The number of aromatic nitrogens is 4. The van der Waals surface area contributed by atoms with E-state index in [2.05, 4.69) is 25.6 Å². The molecule has 174 valence electrons. The van der Waals surface area contributed by atoms with E-state index < -0.39 is 0 Å². The number of carbonyl (C=O) groups excluding carboxylic acids is 1. The lowest BCUT2D eigenvalue weighted by Gasteiger charge is -2.30. The second-order valence-corrected chi connectivity index (χ2v) is 8.93. The first-order valence-electron chi connectivity index (χ1n) is 11.1. The Bertz CT molecular complexity index is 1310. The van der Waals surface area contributed by atoms with Crippen LogP contribution in [0.1, 0.15) is 36.0 Å². The van der Waals surface area contributed by atoms with Crippen molar-refractivity contribution in [3.8, 4) is 11.3 Å². The number of rotatable bonds is 6. The van der Waals surface area contributed by atoms with Gasteiger partial charge in [-0.2, -0.15) is 5.10 Å². The van der Waals surface area contributed by atoms with Crippen LogP contribution in [-0.4, -0.2) is 37.6 Å². The van der Waals surface area contributed by atoms with Gasteiger partial charge in [0.15, 0.2) is 0 Å². The monoisotopic (exact) mass is 495 g/mol. The Morgan fingerprint density at radius 1 is 1.06 bits per heavy atom. The van der Waals surface area contributed by atoms with Crippen LogP contribution >= 0.6 is 23.4 Å². The first-order valence-corrected chi connectivity index (χ1v) is 11.9. The summed E-state index contributed by atoms with van der Waals surface area (Å²) in [7, 11) is 0. The number of nitrogens with one attached hydrogen (secondary N) is 3. The number of amides is 1. The maximum absolute atomic E-state index is 12.7. The van der Waals surface area contributed by atoms with Crippen LogP contribution in [-0.2, 0) is 0 Å². The van der Waals surface area contributed by atoms with Crippen LogP contribution in [0, 0.1) is 0 Å². The van der Waals surface area contributed by atoms with Gasteiger partial charge in [0.2, 0.25) is 5.95 Å². The zero-order chi connectivity index (χ0) is 23.5. The Hall–Kier alpha value is -3.36. The summed E-state index contributed by atoms with van der Waals surface area (Å²) in [6.07, 6.45) is 8.93. The number of pyridine rings is 1. The summed E-state index contributed by atoms with van der Waals surface area (Å²) in [6, 6.07) is 13.1. The van der Waals surface area contributed by atoms with Gasteiger partial charge in [0, 0.05) is 46.9 Å². The van der Waals surface area contributed by atoms with Gasteiger partial charge in [-0.1, -0.05) is 17.7 Å². The molecule has 2 atom stereocenters.